The molecular formula is C15H32N2O2. The lowest BCUT2D eigenvalue weighted by molar-refractivity contribution is -0.0665. The molecule has 2 atom stereocenters. The Labute approximate surface area is 118 Å². The van der Waals surface area contributed by atoms with Crippen LogP contribution in [0, 0.1) is 0 Å². The van der Waals surface area contributed by atoms with Crippen LogP contribution in [0.25, 0.3) is 0 Å². The molecule has 0 amide bonds. The quantitative estimate of drug-likeness (QED) is 0.695. The van der Waals surface area contributed by atoms with Crippen LogP contribution in [0.4, 0.5) is 0 Å². The van der Waals surface area contributed by atoms with Crippen LogP contribution in [0.15, 0.2) is 0 Å². The fourth-order valence-corrected chi connectivity index (χ4v) is 2.42. The number of ether oxygens (including phenoxy) is 2. The molecule has 0 aromatic carbocycles. The molecule has 2 unspecified atom stereocenters. The molecule has 114 valence electrons. The third-order valence-electron chi connectivity index (χ3n) is 3.43. The maximum absolute atomic E-state index is 5.96. The highest BCUT2D eigenvalue weighted by molar-refractivity contribution is 4.83. The second-order valence-electron chi connectivity index (χ2n) is 5.65. The van der Waals surface area contributed by atoms with Gasteiger partial charge in [0.15, 0.2) is 0 Å². The summed E-state index contributed by atoms with van der Waals surface area (Å²) in [6.07, 6.45) is 2.89. The molecule has 4 heteroatoms. The summed E-state index contributed by atoms with van der Waals surface area (Å²) in [4.78, 5) is 2.50. The predicted octanol–water partition coefficient (Wildman–Crippen LogP) is 1.89. The summed E-state index contributed by atoms with van der Waals surface area (Å²) in [5, 5.41) is 3.58. The monoisotopic (exact) mass is 272 g/mol. The molecule has 1 heterocycles. The van der Waals surface area contributed by atoms with Crippen molar-refractivity contribution in [2.24, 2.45) is 0 Å². The van der Waals surface area contributed by atoms with Crippen LogP contribution in [0.3, 0.4) is 0 Å². The van der Waals surface area contributed by atoms with Gasteiger partial charge < -0.3 is 14.8 Å². The molecule has 0 saturated carbocycles. The van der Waals surface area contributed by atoms with E-state index in [0.29, 0.717) is 6.04 Å². The van der Waals surface area contributed by atoms with E-state index >= 15 is 0 Å². The Balaban J connectivity index is 2.46. The molecule has 19 heavy (non-hydrogen) atoms. The number of hydrogen-bond donors (Lipinski definition) is 1. The molecule has 1 rings (SSSR count). The van der Waals surface area contributed by atoms with Gasteiger partial charge >= 0.3 is 0 Å². The van der Waals surface area contributed by atoms with Crippen molar-refractivity contribution >= 4 is 0 Å². The lowest BCUT2D eigenvalue weighted by Gasteiger charge is -2.37. The minimum Gasteiger partial charge on any atom is -0.377 e. The molecule has 1 aliphatic rings. The summed E-state index contributed by atoms with van der Waals surface area (Å²) >= 11 is 0. The molecule has 1 fully saturated rings. The van der Waals surface area contributed by atoms with Crippen molar-refractivity contribution in [2.45, 2.75) is 58.8 Å². The Kier molecular flexibility index (Phi) is 8.62. The third kappa shape index (κ3) is 6.70. The number of rotatable bonds is 9. The average Bonchev–Trinajstić information content (AvgIpc) is 2.39. The normalized spacial score (nSPS) is 22.9. The predicted molar refractivity (Wildman–Crippen MR) is 79.6 cm³/mol. The second kappa shape index (κ2) is 9.70. The summed E-state index contributed by atoms with van der Waals surface area (Å²) in [6, 6.07) is 0.307. The molecule has 0 aromatic heterocycles. The van der Waals surface area contributed by atoms with Crippen LogP contribution >= 0.6 is 0 Å². The van der Waals surface area contributed by atoms with E-state index in [4.69, 9.17) is 9.47 Å². The van der Waals surface area contributed by atoms with E-state index in [0.717, 1.165) is 39.3 Å². The average molecular weight is 272 g/mol. The van der Waals surface area contributed by atoms with E-state index in [1.54, 1.807) is 0 Å². The zero-order valence-corrected chi connectivity index (χ0v) is 13.2. The van der Waals surface area contributed by atoms with Crippen LogP contribution < -0.4 is 5.32 Å². The van der Waals surface area contributed by atoms with Crippen LogP contribution in [0.1, 0.15) is 40.5 Å². The van der Waals surface area contributed by atoms with Crippen molar-refractivity contribution in [1.29, 1.82) is 0 Å². The first-order chi connectivity index (χ1) is 9.17. The van der Waals surface area contributed by atoms with E-state index in [1.165, 1.54) is 13.0 Å². The third-order valence-corrected chi connectivity index (χ3v) is 3.43. The van der Waals surface area contributed by atoms with Gasteiger partial charge in [-0.15, -0.1) is 0 Å². The molecule has 1 aliphatic heterocycles. The van der Waals surface area contributed by atoms with Crippen LogP contribution in [0.5, 0.6) is 0 Å². The van der Waals surface area contributed by atoms with E-state index in [9.17, 15) is 0 Å². The first-order valence-electron chi connectivity index (χ1n) is 7.86. The topological polar surface area (TPSA) is 33.7 Å². The van der Waals surface area contributed by atoms with E-state index < -0.39 is 0 Å². The van der Waals surface area contributed by atoms with Crippen molar-refractivity contribution < 1.29 is 9.47 Å². The maximum Gasteiger partial charge on any atom is 0.0877 e. The molecular weight excluding hydrogens is 240 g/mol. The number of hydrogen-bond acceptors (Lipinski definition) is 4. The first kappa shape index (κ1) is 16.9. The number of nitrogens with one attached hydrogen (secondary N) is 1. The van der Waals surface area contributed by atoms with Gasteiger partial charge in [0.1, 0.15) is 0 Å². The zero-order valence-electron chi connectivity index (χ0n) is 13.2. The first-order valence-corrected chi connectivity index (χ1v) is 7.86. The summed E-state index contributed by atoms with van der Waals surface area (Å²) < 4.78 is 11.8. The lowest BCUT2D eigenvalue weighted by atomic mass is 10.1. The van der Waals surface area contributed by atoms with Crippen LogP contribution in [-0.2, 0) is 9.47 Å². The Hall–Kier alpha value is -0.160. The fourth-order valence-electron chi connectivity index (χ4n) is 2.42. The van der Waals surface area contributed by atoms with Crippen LogP contribution in [-0.4, -0.2) is 62.5 Å². The Morgan fingerprint density at radius 1 is 1.32 bits per heavy atom. The molecule has 0 spiro atoms. The highest BCUT2D eigenvalue weighted by Gasteiger charge is 2.27. The van der Waals surface area contributed by atoms with Gasteiger partial charge in [0.2, 0.25) is 0 Å². The van der Waals surface area contributed by atoms with Crippen LogP contribution in [0.2, 0.25) is 0 Å². The minimum atomic E-state index is 0.255. The maximum atomic E-state index is 5.96. The van der Waals surface area contributed by atoms with Gasteiger partial charge in [0, 0.05) is 13.1 Å². The van der Waals surface area contributed by atoms with Crippen molar-refractivity contribution in [3.05, 3.63) is 0 Å². The number of nitrogens with zero attached hydrogens (tertiary/aromatic N) is 1. The van der Waals surface area contributed by atoms with Gasteiger partial charge in [-0.3, -0.25) is 4.90 Å². The minimum absolute atomic E-state index is 0.255. The summed E-state index contributed by atoms with van der Waals surface area (Å²) in [6.45, 7) is 14.5. The molecule has 0 aromatic rings. The van der Waals surface area contributed by atoms with Gasteiger partial charge in [-0.2, -0.15) is 0 Å². The Morgan fingerprint density at radius 2 is 2.11 bits per heavy atom. The number of morpholine rings is 1. The highest BCUT2D eigenvalue weighted by Crippen LogP contribution is 2.11. The second-order valence-corrected chi connectivity index (χ2v) is 5.65. The van der Waals surface area contributed by atoms with Crippen molar-refractivity contribution in [3.63, 3.8) is 0 Å². The van der Waals surface area contributed by atoms with Gasteiger partial charge in [-0.25, -0.2) is 0 Å². The standard InChI is InChI=1S/C15H32N2O2/c1-5-7-16-14(12-19-13(3)4)15-11-17(8-6-2)9-10-18-15/h13-16H,5-12H2,1-4H3. The van der Waals surface area contributed by atoms with Gasteiger partial charge in [0.25, 0.3) is 0 Å². The highest BCUT2D eigenvalue weighted by atomic mass is 16.5. The SMILES string of the molecule is CCCNC(COC(C)C)C1CN(CCC)CCO1. The van der Waals surface area contributed by atoms with E-state index in [-0.39, 0.29) is 12.2 Å². The van der Waals surface area contributed by atoms with E-state index in [1.807, 2.05) is 0 Å². The van der Waals surface area contributed by atoms with Gasteiger partial charge in [0.05, 0.1) is 31.5 Å². The van der Waals surface area contributed by atoms with Gasteiger partial charge in [-0.05, 0) is 39.8 Å². The largest absolute Gasteiger partial charge is 0.377 e. The molecule has 1 saturated heterocycles. The molecule has 0 aliphatic carbocycles. The lowest BCUT2D eigenvalue weighted by Crippen LogP contribution is -2.54. The van der Waals surface area contributed by atoms with Crippen molar-refractivity contribution in [1.82, 2.24) is 10.2 Å². The Bertz CT molecular complexity index is 222. The molecule has 0 bridgehead atoms. The summed E-state index contributed by atoms with van der Waals surface area (Å²) in [5.41, 5.74) is 0. The van der Waals surface area contributed by atoms with Gasteiger partial charge in [-0.1, -0.05) is 13.8 Å². The molecule has 4 nitrogen and oxygen atoms in total. The summed E-state index contributed by atoms with van der Waals surface area (Å²) in [7, 11) is 0. The zero-order chi connectivity index (χ0) is 14.1. The summed E-state index contributed by atoms with van der Waals surface area (Å²) in [5.74, 6) is 0. The van der Waals surface area contributed by atoms with E-state index in [2.05, 4.69) is 37.9 Å². The molecule has 0 radical (unpaired) electrons. The fraction of sp³-hybridized carbons (Fsp3) is 1.00. The van der Waals surface area contributed by atoms with Crippen molar-refractivity contribution in [2.75, 3.05) is 39.4 Å². The smallest absolute Gasteiger partial charge is 0.0877 e. The Morgan fingerprint density at radius 3 is 2.74 bits per heavy atom. The molecule has 1 N–H and O–H groups in total. The van der Waals surface area contributed by atoms with Crippen molar-refractivity contribution in [3.8, 4) is 0 Å².